The number of nitrogens with one attached hydrogen (secondary N) is 3. The number of aryl methyl sites for hydroxylation is 1. The third-order valence-corrected chi connectivity index (χ3v) is 5.49. The van der Waals surface area contributed by atoms with Crippen LogP contribution in [0.25, 0.3) is 22.2 Å². The number of anilines is 1. The maximum Gasteiger partial charge on any atom is 0.272 e. The Morgan fingerprint density at radius 2 is 1.76 bits per heavy atom. The van der Waals surface area contributed by atoms with Gasteiger partial charge in [0.25, 0.3) is 5.56 Å². The van der Waals surface area contributed by atoms with Crippen LogP contribution in [-0.2, 0) is 11.2 Å². The van der Waals surface area contributed by atoms with Gasteiger partial charge < -0.3 is 15.2 Å². The average Bonchev–Trinajstić information content (AvgIpc) is 3.32. The van der Waals surface area contributed by atoms with Crippen LogP contribution in [0.2, 0.25) is 0 Å². The van der Waals surface area contributed by atoms with Crippen molar-refractivity contribution in [3.63, 3.8) is 0 Å². The smallest absolute Gasteiger partial charge is 0.272 e. The fourth-order valence-corrected chi connectivity index (χ4v) is 3.52. The van der Waals surface area contributed by atoms with E-state index in [0.717, 1.165) is 10.9 Å². The average molecular weight is 461 g/mol. The second kappa shape index (κ2) is 10.3. The van der Waals surface area contributed by atoms with Gasteiger partial charge in [-0.05, 0) is 17.9 Å². The van der Waals surface area contributed by atoms with E-state index in [2.05, 4.69) is 44.8 Å². The third-order valence-electron chi connectivity index (χ3n) is 5.49. The second-order valence-corrected chi connectivity index (χ2v) is 8.97. The number of carbonyl (C=O) groups excluding carboxylic acids is 1. The van der Waals surface area contributed by atoms with E-state index >= 15 is 0 Å². The Hall–Kier alpha value is -4.01. The number of aromatic nitrogens is 4. The molecule has 0 saturated heterocycles. The molecule has 0 spiro atoms. The molecule has 9 nitrogen and oxygen atoms in total. The first kappa shape index (κ1) is 23.2. The Morgan fingerprint density at radius 1 is 1.03 bits per heavy atom. The lowest BCUT2D eigenvalue weighted by Gasteiger charge is -2.25. The van der Waals surface area contributed by atoms with Gasteiger partial charge in [-0.2, -0.15) is 10.1 Å². The van der Waals surface area contributed by atoms with Gasteiger partial charge in [0.15, 0.2) is 5.82 Å². The highest BCUT2D eigenvalue weighted by Crippen LogP contribution is 2.20. The minimum absolute atomic E-state index is 0.0245. The summed E-state index contributed by atoms with van der Waals surface area (Å²) in [4.78, 5) is 28.7. The molecule has 0 atom stereocenters. The van der Waals surface area contributed by atoms with E-state index in [4.69, 9.17) is 4.52 Å². The number of hydrogen-bond donors (Lipinski definition) is 3. The summed E-state index contributed by atoms with van der Waals surface area (Å²) in [5, 5.41) is 18.3. The van der Waals surface area contributed by atoms with Gasteiger partial charge in [-0.3, -0.25) is 9.59 Å². The molecule has 2 aromatic carbocycles. The number of hydrogen-bond acceptors (Lipinski definition) is 7. The Labute approximate surface area is 197 Å². The summed E-state index contributed by atoms with van der Waals surface area (Å²) in [6.07, 6.45) is 1.54. The number of aromatic amines is 1. The number of fused-ring (bicyclic) bond motifs is 1. The van der Waals surface area contributed by atoms with Crippen molar-refractivity contribution in [3.05, 3.63) is 70.8 Å². The number of rotatable bonds is 10. The zero-order valence-corrected chi connectivity index (χ0v) is 19.3. The molecule has 4 rings (SSSR count). The first-order valence-corrected chi connectivity index (χ1v) is 11.3. The lowest BCUT2D eigenvalue weighted by Crippen LogP contribution is -2.38. The zero-order valence-electron chi connectivity index (χ0n) is 19.3. The lowest BCUT2D eigenvalue weighted by atomic mass is 9.93. The topological polar surface area (TPSA) is 126 Å². The van der Waals surface area contributed by atoms with Crippen LogP contribution in [0.1, 0.15) is 32.6 Å². The molecule has 2 aromatic heterocycles. The van der Waals surface area contributed by atoms with E-state index in [9.17, 15) is 9.59 Å². The first-order valence-electron chi connectivity index (χ1n) is 11.3. The van der Waals surface area contributed by atoms with Gasteiger partial charge in [0, 0.05) is 36.9 Å². The number of nitrogens with zero attached hydrogens (tertiary/aromatic N) is 3. The molecule has 34 heavy (non-hydrogen) atoms. The highest BCUT2D eigenvalue weighted by molar-refractivity contribution is 5.90. The normalized spacial score (nSPS) is 11.5. The van der Waals surface area contributed by atoms with E-state index in [0.29, 0.717) is 55.3 Å². The molecule has 4 aromatic rings. The fourth-order valence-electron chi connectivity index (χ4n) is 3.52. The molecule has 0 aliphatic carbocycles. The maximum absolute atomic E-state index is 12.3. The van der Waals surface area contributed by atoms with Crippen molar-refractivity contribution in [1.82, 2.24) is 25.7 Å². The van der Waals surface area contributed by atoms with E-state index in [-0.39, 0.29) is 16.9 Å². The standard InChI is InChI=1S/C25H28N6O3/c1-25(2,16-27-23-18-11-6-7-12-19(18)24(33)30-29-23)15-26-20(32)13-8-14-21-28-22(31-34-21)17-9-4-3-5-10-17/h3-7,9-12H,8,13-16H2,1-2H3,(H,26,32)(H,27,29)(H,30,33). The van der Waals surface area contributed by atoms with Gasteiger partial charge >= 0.3 is 0 Å². The summed E-state index contributed by atoms with van der Waals surface area (Å²) in [6, 6.07) is 17.0. The highest BCUT2D eigenvalue weighted by atomic mass is 16.5. The molecular weight excluding hydrogens is 432 g/mol. The van der Waals surface area contributed by atoms with Crippen molar-refractivity contribution in [3.8, 4) is 11.4 Å². The Morgan fingerprint density at radius 3 is 2.56 bits per heavy atom. The molecule has 1 amide bonds. The molecule has 0 aliphatic rings. The molecule has 0 fully saturated rings. The second-order valence-electron chi connectivity index (χ2n) is 8.97. The summed E-state index contributed by atoms with van der Waals surface area (Å²) in [5.74, 6) is 1.67. The minimum Gasteiger partial charge on any atom is -0.368 e. The van der Waals surface area contributed by atoms with Crippen molar-refractivity contribution in [1.29, 1.82) is 0 Å². The van der Waals surface area contributed by atoms with Crippen molar-refractivity contribution in [2.24, 2.45) is 5.41 Å². The molecule has 176 valence electrons. The van der Waals surface area contributed by atoms with Gasteiger partial charge in [0.2, 0.25) is 17.6 Å². The van der Waals surface area contributed by atoms with Crippen molar-refractivity contribution < 1.29 is 9.32 Å². The number of carbonyl (C=O) groups is 1. The SMILES string of the molecule is CC(C)(CNC(=O)CCCc1nc(-c2ccccc2)no1)CNc1n[nH]c(=O)c2ccccc12. The third kappa shape index (κ3) is 5.86. The van der Waals surface area contributed by atoms with Gasteiger partial charge in [-0.1, -0.05) is 67.5 Å². The van der Waals surface area contributed by atoms with Crippen LogP contribution < -0.4 is 16.2 Å². The molecule has 0 aliphatic heterocycles. The van der Waals surface area contributed by atoms with Crippen molar-refractivity contribution in [2.45, 2.75) is 33.1 Å². The Bertz CT molecular complexity index is 1310. The molecule has 0 saturated carbocycles. The quantitative estimate of drug-likeness (QED) is 0.330. The van der Waals surface area contributed by atoms with Crippen molar-refractivity contribution in [2.75, 3.05) is 18.4 Å². The largest absolute Gasteiger partial charge is 0.368 e. The molecule has 0 bridgehead atoms. The van der Waals surface area contributed by atoms with Crippen molar-refractivity contribution >= 4 is 22.5 Å². The summed E-state index contributed by atoms with van der Waals surface area (Å²) in [6.45, 7) is 5.18. The monoisotopic (exact) mass is 460 g/mol. The molecule has 0 unspecified atom stereocenters. The lowest BCUT2D eigenvalue weighted by molar-refractivity contribution is -0.121. The molecular formula is C25H28N6O3. The van der Waals surface area contributed by atoms with Crippen LogP contribution in [0.3, 0.4) is 0 Å². The summed E-state index contributed by atoms with van der Waals surface area (Å²) >= 11 is 0. The molecule has 3 N–H and O–H groups in total. The predicted molar refractivity (Wildman–Crippen MR) is 130 cm³/mol. The summed E-state index contributed by atoms with van der Waals surface area (Å²) in [5.41, 5.74) is 0.451. The van der Waals surface area contributed by atoms with E-state index in [1.54, 1.807) is 6.07 Å². The highest BCUT2D eigenvalue weighted by Gasteiger charge is 2.20. The molecule has 0 radical (unpaired) electrons. The minimum atomic E-state index is -0.231. The van der Waals surface area contributed by atoms with Crippen LogP contribution in [0.15, 0.2) is 63.9 Å². The van der Waals surface area contributed by atoms with Gasteiger partial charge in [0.05, 0.1) is 5.39 Å². The number of benzene rings is 2. The molecule has 2 heterocycles. The Balaban J connectivity index is 1.22. The summed E-state index contributed by atoms with van der Waals surface area (Å²) < 4.78 is 5.30. The van der Waals surface area contributed by atoms with E-state index < -0.39 is 0 Å². The van der Waals surface area contributed by atoms with Crippen LogP contribution in [-0.4, -0.2) is 39.3 Å². The van der Waals surface area contributed by atoms with Crippen LogP contribution in [0, 0.1) is 5.41 Å². The van der Waals surface area contributed by atoms with Crippen LogP contribution in [0.5, 0.6) is 0 Å². The van der Waals surface area contributed by atoms with Gasteiger partial charge in [-0.25, -0.2) is 5.10 Å². The van der Waals surface area contributed by atoms with Gasteiger partial charge in [0.1, 0.15) is 0 Å². The van der Waals surface area contributed by atoms with E-state index in [1.165, 1.54) is 0 Å². The fraction of sp³-hybridized carbons (Fsp3) is 0.320. The van der Waals surface area contributed by atoms with Gasteiger partial charge in [-0.15, -0.1) is 0 Å². The molecule has 9 heteroatoms. The predicted octanol–water partition coefficient (Wildman–Crippen LogP) is 3.55. The number of H-pyrrole nitrogens is 1. The van der Waals surface area contributed by atoms with Crippen LogP contribution in [0.4, 0.5) is 5.82 Å². The number of amides is 1. The van der Waals surface area contributed by atoms with E-state index in [1.807, 2.05) is 48.5 Å². The Kier molecular flexibility index (Phi) is 7.01. The zero-order chi connectivity index (χ0) is 24.0. The summed E-state index contributed by atoms with van der Waals surface area (Å²) in [7, 11) is 0. The van der Waals surface area contributed by atoms with Crippen LogP contribution >= 0.6 is 0 Å². The maximum atomic E-state index is 12.3. The first-order chi connectivity index (χ1) is 16.4.